The minimum Gasteiger partial charge on any atom is -0.396 e. The van der Waals surface area contributed by atoms with Crippen LogP contribution in [-0.2, 0) is 0 Å². The molecule has 1 unspecified atom stereocenters. The van der Waals surface area contributed by atoms with Gasteiger partial charge in [0.2, 0.25) is 0 Å². The quantitative estimate of drug-likeness (QED) is 0.835. The van der Waals surface area contributed by atoms with Gasteiger partial charge in [0.15, 0.2) is 0 Å². The summed E-state index contributed by atoms with van der Waals surface area (Å²) >= 11 is 0. The fourth-order valence-corrected chi connectivity index (χ4v) is 2.68. The standard InChI is InChI=1S/C14H17F2NO2/c15-12-7-10(9-19)8-13(16)14(12)17-5-1-3-11(17)4-2-6-18/h7-9,11,18H,1-6H2. The summed E-state index contributed by atoms with van der Waals surface area (Å²) in [6, 6.07) is 2.18. The first-order valence-electron chi connectivity index (χ1n) is 6.49. The average Bonchev–Trinajstić information content (AvgIpc) is 2.83. The van der Waals surface area contributed by atoms with Gasteiger partial charge in [-0.05, 0) is 37.8 Å². The number of aldehydes is 1. The third-order valence-electron chi connectivity index (χ3n) is 3.54. The number of anilines is 1. The fraction of sp³-hybridized carbons (Fsp3) is 0.500. The first kappa shape index (κ1) is 13.9. The number of carbonyl (C=O) groups excluding carboxylic acids is 1. The molecule has 3 nitrogen and oxygen atoms in total. The number of rotatable bonds is 5. The van der Waals surface area contributed by atoms with Gasteiger partial charge in [-0.25, -0.2) is 8.78 Å². The minimum atomic E-state index is -0.696. The summed E-state index contributed by atoms with van der Waals surface area (Å²) in [5.74, 6) is -1.39. The Labute approximate surface area is 110 Å². The highest BCUT2D eigenvalue weighted by molar-refractivity contribution is 5.76. The zero-order valence-electron chi connectivity index (χ0n) is 10.6. The lowest BCUT2D eigenvalue weighted by Crippen LogP contribution is -2.31. The van der Waals surface area contributed by atoms with Crippen molar-refractivity contribution in [3.63, 3.8) is 0 Å². The Morgan fingerprint density at radius 2 is 2.05 bits per heavy atom. The van der Waals surface area contributed by atoms with Crippen molar-refractivity contribution >= 4 is 12.0 Å². The SMILES string of the molecule is O=Cc1cc(F)c(N2CCCC2CCCO)c(F)c1. The second kappa shape index (κ2) is 6.10. The van der Waals surface area contributed by atoms with Crippen molar-refractivity contribution < 1.29 is 18.7 Å². The number of carbonyl (C=O) groups is 1. The van der Waals surface area contributed by atoms with Crippen molar-refractivity contribution in [2.75, 3.05) is 18.1 Å². The van der Waals surface area contributed by atoms with Gasteiger partial charge in [-0.2, -0.15) is 0 Å². The summed E-state index contributed by atoms with van der Waals surface area (Å²) in [5.41, 5.74) is -0.0455. The summed E-state index contributed by atoms with van der Waals surface area (Å²) in [4.78, 5) is 12.3. The third kappa shape index (κ3) is 2.92. The highest BCUT2D eigenvalue weighted by Crippen LogP contribution is 2.32. The molecule has 0 radical (unpaired) electrons. The van der Waals surface area contributed by atoms with Crippen molar-refractivity contribution in [3.05, 3.63) is 29.3 Å². The first-order valence-corrected chi connectivity index (χ1v) is 6.49. The number of aliphatic hydroxyl groups is 1. The van der Waals surface area contributed by atoms with E-state index < -0.39 is 11.6 Å². The maximum atomic E-state index is 14.0. The van der Waals surface area contributed by atoms with Crippen LogP contribution in [0.1, 0.15) is 36.0 Å². The van der Waals surface area contributed by atoms with Crippen LogP contribution in [0.25, 0.3) is 0 Å². The third-order valence-corrected chi connectivity index (χ3v) is 3.54. The van der Waals surface area contributed by atoms with E-state index in [1.54, 1.807) is 4.90 Å². The molecule has 1 aromatic rings. The van der Waals surface area contributed by atoms with Crippen LogP contribution < -0.4 is 4.90 Å². The summed E-state index contributed by atoms with van der Waals surface area (Å²) < 4.78 is 27.9. The molecule has 5 heteroatoms. The van der Waals surface area contributed by atoms with E-state index >= 15 is 0 Å². The second-order valence-corrected chi connectivity index (χ2v) is 4.81. The van der Waals surface area contributed by atoms with Gasteiger partial charge >= 0.3 is 0 Å². The lowest BCUT2D eigenvalue weighted by Gasteiger charge is -2.27. The highest BCUT2D eigenvalue weighted by atomic mass is 19.1. The van der Waals surface area contributed by atoms with Crippen molar-refractivity contribution in [1.82, 2.24) is 0 Å². The van der Waals surface area contributed by atoms with Crippen molar-refractivity contribution in [1.29, 1.82) is 0 Å². The molecule has 1 saturated heterocycles. The molecule has 1 aromatic carbocycles. The van der Waals surface area contributed by atoms with Crippen LogP contribution >= 0.6 is 0 Å². The first-order chi connectivity index (χ1) is 9.17. The maximum absolute atomic E-state index is 14.0. The van der Waals surface area contributed by atoms with E-state index in [0.29, 0.717) is 25.7 Å². The van der Waals surface area contributed by atoms with Gasteiger partial charge in [0.25, 0.3) is 0 Å². The maximum Gasteiger partial charge on any atom is 0.150 e. The molecule has 19 heavy (non-hydrogen) atoms. The smallest absolute Gasteiger partial charge is 0.150 e. The number of benzene rings is 1. The lowest BCUT2D eigenvalue weighted by atomic mass is 10.1. The van der Waals surface area contributed by atoms with E-state index in [1.807, 2.05) is 0 Å². The Hall–Kier alpha value is -1.49. The predicted molar refractivity (Wildman–Crippen MR) is 68.4 cm³/mol. The number of nitrogens with zero attached hydrogens (tertiary/aromatic N) is 1. The molecule has 1 aliphatic heterocycles. The van der Waals surface area contributed by atoms with Gasteiger partial charge in [0.1, 0.15) is 23.6 Å². The molecule has 0 spiro atoms. The summed E-state index contributed by atoms with van der Waals surface area (Å²) in [6.07, 6.45) is 3.52. The van der Waals surface area contributed by atoms with Gasteiger partial charge in [0, 0.05) is 24.8 Å². The highest BCUT2D eigenvalue weighted by Gasteiger charge is 2.28. The van der Waals surface area contributed by atoms with Crippen LogP contribution in [0.2, 0.25) is 0 Å². The molecule has 104 valence electrons. The Morgan fingerprint density at radius 3 is 2.63 bits per heavy atom. The summed E-state index contributed by atoms with van der Waals surface area (Å²) in [5, 5.41) is 8.86. The molecule has 0 aliphatic carbocycles. The van der Waals surface area contributed by atoms with E-state index in [0.717, 1.165) is 25.0 Å². The fourth-order valence-electron chi connectivity index (χ4n) is 2.68. The Morgan fingerprint density at radius 1 is 1.37 bits per heavy atom. The van der Waals surface area contributed by atoms with Crippen LogP contribution in [0.5, 0.6) is 0 Å². The number of hydrogen-bond donors (Lipinski definition) is 1. The molecular weight excluding hydrogens is 252 g/mol. The van der Waals surface area contributed by atoms with Crippen molar-refractivity contribution in [3.8, 4) is 0 Å². The molecule has 1 N–H and O–H groups in total. The molecule has 1 heterocycles. The predicted octanol–water partition coefficient (Wildman–Crippen LogP) is 2.52. The van der Waals surface area contributed by atoms with Crippen LogP contribution in [0.3, 0.4) is 0 Å². The molecule has 0 saturated carbocycles. The topological polar surface area (TPSA) is 40.5 Å². The van der Waals surface area contributed by atoms with Crippen LogP contribution in [0.4, 0.5) is 14.5 Å². The molecule has 0 aromatic heterocycles. The zero-order chi connectivity index (χ0) is 13.8. The zero-order valence-corrected chi connectivity index (χ0v) is 10.6. The normalized spacial score (nSPS) is 18.9. The second-order valence-electron chi connectivity index (χ2n) is 4.81. The molecule has 1 fully saturated rings. The Bertz CT molecular complexity index is 442. The van der Waals surface area contributed by atoms with E-state index in [1.165, 1.54) is 0 Å². The van der Waals surface area contributed by atoms with Crippen molar-refractivity contribution in [2.45, 2.75) is 31.7 Å². The molecule has 2 rings (SSSR count). The average molecular weight is 269 g/mol. The molecular formula is C14H17F2NO2. The van der Waals surface area contributed by atoms with Gasteiger partial charge in [-0.3, -0.25) is 4.79 Å². The van der Waals surface area contributed by atoms with Gasteiger partial charge in [0.05, 0.1) is 0 Å². The van der Waals surface area contributed by atoms with E-state index in [-0.39, 0.29) is 23.9 Å². The summed E-state index contributed by atoms with van der Waals surface area (Å²) in [6.45, 7) is 0.684. The van der Waals surface area contributed by atoms with Gasteiger partial charge in [-0.15, -0.1) is 0 Å². The summed E-state index contributed by atoms with van der Waals surface area (Å²) in [7, 11) is 0. The molecule has 1 atom stereocenters. The van der Waals surface area contributed by atoms with Crippen molar-refractivity contribution in [2.24, 2.45) is 0 Å². The van der Waals surface area contributed by atoms with Crippen LogP contribution in [0.15, 0.2) is 12.1 Å². The van der Waals surface area contributed by atoms with Crippen LogP contribution in [0, 0.1) is 11.6 Å². The molecule has 0 amide bonds. The Kier molecular flexibility index (Phi) is 4.47. The number of hydrogen-bond acceptors (Lipinski definition) is 3. The molecule has 1 aliphatic rings. The molecule has 0 bridgehead atoms. The van der Waals surface area contributed by atoms with Crippen LogP contribution in [-0.4, -0.2) is 30.6 Å². The van der Waals surface area contributed by atoms with E-state index in [4.69, 9.17) is 5.11 Å². The van der Waals surface area contributed by atoms with Gasteiger partial charge in [-0.1, -0.05) is 0 Å². The number of halogens is 2. The minimum absolute atomic E-state index is 0.00450. The largest absolute Gasteiger partial charge is 0.396 e. The van der Waals surface area contributed by atoms with E-state index in [9.17, 15) is 13.6 Å². The monoisotopic (exact) mass is 269 g/mol. The lowest BCUT2D eigenvalue weighted by molar-refractivity contribution is 0.112. The number of aliphatic hydroxyl groups excluding tert-OH is 1. The Balaban J connectivity index is 2.27. The van der Waals surface area contributed by atoms with Gasteiger partial charge < -0.3 is 10.0 Å². The van der Waals surface area contributed by atoms with E-state index in [2.05, 4.69) is 0 Å².